The molecule has 2 rings (SSSR count). The Morgan fingerprint density at radius 1 is 1.37 bits per heavy atom. The van der Waals surface area contributed by atoms with E-state index in [1.807, 2.05) is 30.6 Å². The van der Waals surface area contributed by atoms with Gasteiger partial charge in [0.1, 0.15) is 5.75 Å². The normalized spacial score (nSPS) is 10.6. The van der Waals surface area contributed by atoms with Gasteiger partial charge in [-0.3, -0.25) is 0 Å². The number of hydrogen-bond donors (Lipinski definition) is 1. The van der Waals surface area contributed by atoms with Crippen molar-refractivity contribution >= 4 is 17.0 Å². The van der Waals surface area contributed by atoms with Gasteiger partial charge in [0, 0.05) is 11.3 Å². The Kier molecular flexibility index (Phi) is 4.76. The second-order valence-corrected chi connectivity index (χ2v) is 5.18. The molecule has 0 amide bonds. The third-order valence-corrected chi connectivity index (χ3v) is 3.88. The summed E-state index contributed by atoms with van der Waals surface area (Å²) in [5, 5.41) is 0. The molecule has 0 aliphatic heterocycles. The Morgan fingerprint density at radius 3 is 2.84 bits per heavy atom. The molecule has 1 aromatic heterocycles. The van der Waals surface area contributed by atoms with Crippen LogP contribution in [0.2, 0.25) is 0 Å². The van der Waals surface area contributed by atoms with Crippen LogP contribution in [0, 0.1) is 6.92 Å². The molecule has 0 atom stereocenters. The third-order valence-electron chi connectivity index (χ3n) is 2.88. The van der Waals surface area contributed by atoms with E-state index in [0.29, 0.717) is 24.7 Å². The van der Waals surface area contributed by atoms with E-state index in [0.717, 1.165) is 17.7 Å². The molecule has 0 spiro atoms. The number of nitrogen functional groups attached to an aromatic ring is 1. The van der Waals surface area contributed by atoms with Crippen molar-refractivity contribution in [3.8, 4) is 5.75 Å². The number of anilines is 1. The Balaban J connectivity index is 1.80. The predicted octanol–water partition coefficient (Wildman–Crippen LogP) is 2.80. The molecule has 0 saturated heterocycles. The molecule has 5 heteroatoms. The first kappa shape index (κ1) is 13.8. The molecular formula is C14H18N2O2S. The SMILES string of the molecule is COc1ccc(COCCc2scnc2C)cc1N. The summed E-state index contributed by atoms with van der Waals surface area (Å²) in [6, 6.07) is 5.71. The Morgan fingerprint density at radius 2 is 2.21 bits per heavy atom. The standard InChI is InChI=1S/C14H18N2O2S/c1-10-14(19-9-16-10)5-6-18-8-11-3-4-13(17-2)12(15)7-11/h3-4,7,9H,5-6,8,15H2,1-2H3. The van der Waals surface area contributed by atoms with Crippen LogP contribution in [0.15, 0.2) is 23.7 Å². The minimum atomic E-state index is 0.562. The molecule has 0 unspecified atom stereocenters. The van der Waals surface area contributed by atoms with Gasteiger partial charge in [-0.25, -0.2) is 4.98 Å². The van der Waals surface area contributed by atoms with E-state index < -0.39 is 0 Å². The number of nitrogens with two attached hydrogens (primary N) is 1. The number of ether oxygens (including phenoxy) is 2. The summed E-state index contributed by atoms with van der Waals surface area (Å²) < 4.78 is 10.8. The van der Waals surface area contributed by atoms with Crippen LogP contribution in [-0.4, -0.2) is 18.7 Å². The zero-order valence-corrected chi connectivity index (χ0v) is 12.0. The van der Waals surface area contributed by atoms with Crippen LogP contribution in [0.1, 0.15) is 16.1 Å². The lowest BCUT2D eigenvalue weighted by Gasteiger charge is -2.08. The summed E-state index contributed by atoms with van der Waals surface area (Å²) in [7, 11) is 1.61. The topological polar surface area (TPSA) is 57.4 Å². The van der Waals surface area contributed by atoms with E-state index >= 15 is 0 Å². The van der Waals surface area contributed by atoms with Gasteiger partial charge in [-0.05, 0) is 24.6 Å². The number of benzene rings is 1. The first-order valence-electron chi connectivity index (χ1n) is 6.10. The van der Waals surface area contributed by atoms with E-state index in [2.05, 4.69) is 4.98 Å². The molecule has 0 aliphatic carbocycles. The van der Waals surface area contributed by atoms with Gasteiger partial charge < -0.3 is 15.2 Å². The summed E-state index contributed by atoms with van der Waals surface area (Å²) in [6.07, 6.45) is 0.905. The van der Waals surface area contributed by atoms with E-state index in [1.54, 1.807) is 18.4 Å². The van der Waals surface area contributed by atoms with Crippen LogP contribution < -0.4 is 10.5 Å². The van der Waals surface area contributed by atoms with E-state index in [1.165, 1.54) is 4.88 Å². The van der Waals surface area contributed by atoms with Crippen LogP contribution in [-0.2, 0) is 17.8 Å². The molecule has 0 fully saturated rings. The van der Waals surface area contributed by atoms with Gasteiger partial charge in [0.25, 0.3) is 0 Å². The Hall–Kier alpha value is -1.59. The lowest BCUT2D eigenvalue weighted by atomic mass is 10.2. The van der Waals surface area contributed by atoms with Crippen molar-refractivity contribution in [2.24, 2.45) is 0 Å². The summed E-state index contributed by atoms with van der Waals surface area (Å²) >= 11 is 1.68. The maximum Gasteiger partial charge on any atom is 0.141 e. The van der Waals surface area contributed by atoms with E-state index in [4.69, 9.17) is 15.2 Å². The van der Waals surface area contributed by atoms with Crippen molar-refractivity contribution < 1.29 is 9.47 Å². The van der Waals surface area contributed by atoms with Gasteiger partial charge in [0.15, 0.2) is 0 Å². The number of rotatable bonds is 6. The molecule has 2 N–H and O–H groups in total. The lowest BCUT2D eigenvalue weighted by molar-refractivity contribution is 0.124. The summed E-state index contributed by atoms with van der Waals surface area (Å²) in [6.45, 7) is 3.27. The number of thiazole rings is 1. The van der Waals surface area contributed by atoms with Crippen LogP contribution in [0.3, 0.4) is 0 Å². The maximum atomic E-state index is 5.85. The van der Waals surface area contributed by atoms with Crippen LogP contribution in [0.5, 0.6) is 5.75 Å². The minimum absolute atomic E-state index is 0.562. The molecule has 2 aromatic rings. The fourth-order valence-electron chi connectivity index (χ4n) is 1.79. The monoisotopic (exact) mass is 278 g/mol. The molecule has 0 saturated carbocycles. The Bertz CT molecular complexity index is 540. The highest BCUT2D eigenvalue weighted by atomic mass is 32.1. The van der Waals surface area contributed by atoms with Gasteiger partial charge in [0.2, 0.25) is 0 Å². The average molecular weight is 278 g/mol. The predicted molar refractivity (Wildman–Crippen MR) is 77.6 cm³/mol. The number of aryl methyl sites for hydroxylation is 1. The molecule has 1 aromatic carbocycles. The van der Waals surface area contributed by atoms with Crippen molar-refractivity contribution in [1.82, 2.24) is 4.98 Å². The van der Waals surface area contributed by atoms with Crippen molar-refractivity contribution in [1.29, 1.82) is 0 Å². The summed E-state index contributed by atoms with van der Waals surface area (Å²) in [5.41, 5.74) is 10.5. The molecule has 0 radical (unpaired) electrons. The molecule has 1 heterocycles. The number of nitrogens with zero attached hydrogens (tertiary/aromatic N) is 1. The smallest absolute Gasteiger partial charge is 0.141 e. The third kappa shape index (κ3) is 3.68. The quantitative estimate of drug-likeness (QED) is 0.652. The van der Waals surface area contributed by atoms with Crippen molar-refractivity contribution in [3.63, 3.8) is 0 Å². The molecule has 4 nitrogen and oxygen atoms in total. The molecule has 19 heavy (non-hydrogen) atoms. The Labute approximate surface area is 117 Å². The molecule has 102 valence electrons. The van der Waals surface area contributed by atoms with E-state index in [-0.39, 0.29) is 0 Å². The minimum Gasteiger partial charge on any atom is -0.495 e. The number of methoxy groups -OCH3 is 1. The van der Waals surface area contributed by atoms with Gasteiger partial charge >= 0.3 is 0 Å². The second-order valence-electron chi connectivity index (χ2n) is 4.24. The first-order chi connectivity index (χ1) is 9.20. The molecule has 0 aliphatic rings. The van der Waals surface area contributed by atoms with Crippen molar-refractivity contribution in [2.45, 2.75) is 20.0 Å². The van der Waals surface area contributed by atoms with Gasteiger partial charge in [-0.2, -0.15) is 0 Å². The largest absolute Gasteiger partial charge is 0.495 e. The van der Waals surface area contributed by atoms with Gasteiger partial charge in [-0.15, -0.1) is 11.3 Å². The lowest BCUT2D eigenvalue weighted by Crippen LogP contribution is -2.00. The van der Waals surface area contributed by atoms with Gasteiger partial charge in [-0.1, -0.05) is 6.07 Å². The second kappa shape index (κ2) is 6.54. The first-order valence-corrected chi connectivity index (χ1v) is 6.97. The van der Waals surface area contributed by atoms with E-state index in [9.17, 15) is 0 Å². The fourth-order valence-corrected chi connectivity index (χ4v) is 2.56. The zero-order chi connectivity index (χ0) is 13.7. The highest BCUT2D eigenvalue weighted by Crippen LogP contribution is 2.22. The van der Waals surface area contributed by atoms with Crippen molar-refractivity contribution in [3.05, 3.63) is 39.8 Å². The van der Waals surface area contributed by atoms with Crippen molar-refractivity contribution in [2.75, 3.05) is 19.5 Å². The summed E-state index contributed by atoms with van der Waals surface area (Å²) in [4.78, 5) is 5.50. The van der Waals surface area contributed by atoms with Crippen LogP contribution in [0.4, 0.5) is 5.69 Å². The maximum absolute atomic E-state index is 5.85. The summed E-state index contributed by atoms with van der Waals surface area (Å²) in [5.74, 6) is 0.698. The van der Waals surface area contributed by atoms with Crippen LogP contribution >= 0.6 is 11.3 Å². The van der Waals surface area contributed by atoms with Gasteiger partial charge in [0.05, 0.1) is 37.2 Å². The van der Waals surface area contributed by atoms with Crippen LogP contribution in [0.25, 0.3) is 0 Å². The number of aromatic nitrogens is 1. The highest BCUT2D eigenvalue weighted by Gasteiger charge is 2.03. The zero-order valence-electron chi connectivity index (χ0n) is 11.2. The highest BCUT2D eigenvalue weighted by molar-refractivity contribution is 7.09. The molecular weight excluding hydrogens is 260 g/mol. The fraction of sp³-hybridized carbons (Fsp3) is 0.357. The molecule has 0 bridgehead atoms. The number of hydrogen-bond acceptors (Lipinski definition) is 5. The average Bonchev–Trinajstić information content (AvgIpc) is 2.80.